The molecule has 9 nitrogen and oxygen atoms in total. The molecular weight excluding hydrogens is 362 g/mol. The van der Waals surface area contributed by atoms with Gasteiger partial charge in [-0.05, 0) is 25.5 Å². The molecule has 0 radical (unpaired) electrons. The summed E-state index contributed by atoms with van der Waals surface area (Å²) in [5.74, 6) is -1.05. The Balaban J connectivity index is 1.56. The first-order chi connectivity index (χ1) is 13.4. The van der Waals surface area contributed by atoms with E-state index >= 15 is 0 Å². The van der Waals surface area contributed by atoms with Crippen LogP contribution in [0, 0.1) is 6.92 Å². The number of nitrogens with zero attached hydrogens (tertiary/aromatic N) is 3. The second kappa shape index (κ2) is 7.01. The van der Waals surface area contributed by atoms with Gasteiger partial charge in [-0.2, -0.15) is 0 Å². The van der Waals surface area contributed by atoms with Gasteiger partial charge in [-0.1, -0.05) is 6.07 Å². The summed E-state index contributed by atoms with van der Waals surface area (Å²) < 4.78 is 0. The van der Waals surface area contributed by atoms with E-state index in [0.29, 0.717) is 28.9 Å². The predicted molar refractivity (Wildman–Crippen MR) is 97.8 cm³/mol. The first kappa shape index (κ1) is 18.1. The number of rotatable bonds is 4. The fraction of sp³-hybridized carbons (Fsp3) is 0.316. The van der Waals surface area contributed by atoms with Gasteiger partial charge in [-0.15, -0.1) is 0 Å². The maximum Gasteiger partial charge on any atom is 0.255 e. The van der Waals surface area contributed by atoms with E-state index in [4.69, 9.17) is 0 Å². The van der Waals surface area contributed by atoms with Gasteiger partial charge in [0.05, 0.1) is 11.9 Å². The van der Waals surface area contributed by atoms with E-state index in [1.54, 1.807) is 31.3 Å². The lowest BCUT2D eigenvalue weighted by Crippen LogP contribution is -2.52. The van der Waals surface area contributed by atoms with Crippen LogP contribution in [0.5, 0.6) is 0 Å². The zero-order chi connectivity index (χ0) is 19.8. The number of hydrogen-bond acceptors (Lipinski definition) is 7. The molecule has 2 unspecified atom stereocenters. The summed E-state index contributed by atoms with van der Waals surface area (Å²) in [6, 6.07) is 4.47. The van der Waals surface area contributed by atoms with Crippen LogP contribution in [0.25, 0.3) is 0 Å². The summed E-state index contributed by atoms with van der Waals surface area (Å²) in [6.45, 7) is 2.02. The average molecular weight is 381 g/mol. The van der Waals surface area contributed by atoms with Gasteiger partial charge >= 0.3 is 0 Å². The van der Waals surface area contributed by atoms with E-state index in [1.807, 2.05) is 0 Å². The Hall–Kier alpha value is -3.33. The molecule has 1 aromatic heterocycles. The summed E-state index contributed by atoms with van der Waals surface area (Å²) in [6.07, 6.45) is 2.45. The minimum absolute atomic E-state index is 0.201. The maximum absolute atomic E-state index is 12.8. The van der Waals surface area contributed by atoms with E-state index in [0.717, 1.165) is 5.69 Å². The van der Waals surface area contributed by atoms with Gasteiger partial charge in [-0.25, -0.2) is 0 Å². The predicted octanol–water partition coefficient (Wildman–Crippen LogP) is 0.649. The molecule has 3 heterocycles. The van der Waals surface area contributed by atoms with Gasteiger partial charge in [0.25, 0.3) is 5.91 Å². The van der Waals surface area contributed by atoms with Crippen molar-refractivity contribution in [2.45, 2.75) is 38.6 Å². The quantitative estimate of drug-likeness (QED) is 0.524. The lowest BCUT2D eigenvalue weighted by Gasteiger charge is -2.29. The Kier molecular flexibility index (Phi) is 4.52. The third-order valence-electron chi connectivity index (χ3n) is 4.96. The number of aliphatic hydroxyl groups is 1. The summed E-state index contributed by atoms with van der Waals surface area (Å²) in [5, 5.41) is 15.7. The number of aliphatic hydroxyl groups excluding tert-OH is 1. The number of carbonyl (C=O) groups is 3. The van der Waals surface area contributed by atoms with Gasteiger partial charge < -0.3 is 15.3 Å². The molecule has 3 N–H and O–H groups in total. The summed E-state index contributed by atoms with van der Waals surface area (Å²) in [5.41, 5.74) is 2.83. The number of nitrogens with one attached hydrogen (secondary N) is 2. The highest BCUT2D eigenvalue weighted by Gasteiger charge is 2.39. The highest BCUT2D eigenvalue weighted by molar-refractivity contribution is 6.06. The molecule has 2 aliphatic heterocycles. The van der Waals surface area contributed by atoms with Crippen LogP contribution in [0.2, 0.25) is 0 Å². The summed E-state index contributed by atoms with van der Waals surface area (Å²) in [4.78, 5) is 46.1. The molecule has 0 aliphatic carbocycles. The number of hydrogen-bond donors (Lipinski definition) is 3. The molecule has 2 atom stereocenters. The van der Waals surface area contributed by atoms with Gasteiger partial charge in [0.15, 0.2) is 6.23 Å². The molecule has 3 amide bonds. The number of piperidine rings is 1. The Morgan fingerprint density at radius 2 is 2.07 bits per heavy atom. The third-order valence-corrected chi connectivity index (χ3v) is 4.96. The van der Waals surface area contributed by atoms with Gasteiger partial charge in [0.2, 0.25) is 11.8 Å². The van der Waals surface area contributed by atoms with Gasteiger partial charge in [0.1, 0.15) is 11.7 Å². The summed E-state index contributed by atoms with van der Waals surface area (Å²) in [7, 11) is 0. The molecular formula is C19H19N5O4. The third kappa shape index (κ3) is 3.20. The van der Waals surface area contributed by atoms with Crippen molar-refractivity contribution in [1.29, 1.82) is 0 Å². The second-order valence-electron chi connectivity index (χ2n) is 6.86. The molecule has 0 saturated carbocycles. The van der Waals surface area contributed by atoms with E-state index < -0.39 is 18.2 Å². The van der Waals surface area contributed by atoms with Crippen molar-refractivity contribution in [2.75, 3.05) is 5.32 Å². The first-order valence-corrected chi connectivity index (χ1v) is 8.93. The zero-order valence-electron chi connectivity index (χ0n) is 15.2. The molecule has 1 saturated heterocycles. The monoisotopic (exact) mass is 381 g/mol. The molecule has 4 rings (SSSR count). The number of aryl methyl sites for hydroxylation is 1. The van der Waals surface area contributed by atoms with Crippen LogP contribution >= 0.6 is 0 Å². The number of fused-ring (bicyclic) bond motifs is 1. The van der Waals surface area contributed by atoms with Crippen molar-refractivity contribution < 1.29 is 19.5 Å². The molecule has 144 valence electrons. The smallest absolute Gasteiger partial charge is 0.255 e. The first-order valence-electron chi connectivity index (χ1n) is 8.93. The summed E-state index contributed by atoms with van der Waals surface area (Å²) >= 11 is 0. The Morgan fingerprint density at radius 3 is 2.79 bits per heavy atom. The molecule has 2 aliphatic rings. The molecule has 0 bridgehead atoms. The molecule has 9 heteroatoms. The minimum atomic E-state index is -1.10. The largest absolute Gasteiger partial charge is 0.368 e. The van der Waals surface area contributed by atoms with Crippen molar-refractivity contribution in [1.82, 2.24) is 20.2 Å². The van der Waals surface area contributed by atoms with Crippen molar-refractivity contribution >= 4 is 23.4 Å². The Labute approximate surface area is 160 Å². The van der Waals surface area contributed by atoms with Gasteiger partial charge in [-0.3, -0.25) is 29.7 Å². The normalized spacial score (nSPS) is 20.0. The minimum Gasteiger partial charge on any atom is -0.368 e. The van der Waals surface area contributed by atoms with Crippen molar-refractivity contribution in [3.8, 4) is 0 Å². The fourth-order valence-corrected chi connectivity index (χ4v) is 3.49. The van der Waals surface area contributed by atoms with E-state index in [9.17, 15) is 19.5 Å². The molecule has 0 spiro atoms. The molecule has 2 aromatic rings. The van der Waals surface area contributed by atoms with Crippen LogP contribution in [0.4, 0.5) is 5.69 Å². The Morgan fingerprint density at radius 1 is 1.25 bits per heavy atom. The van der Waals surface area contributed by atoms with Crippen LogP contribution in [0.15, 0.2) is 30.6 Å². The van der Waals surface area contributed by atoms with Crippen LogP contribution in [-0.4, -0.2) is 43.7 Å². The highest BCUT2D eigenvalue weighted by atomic mass is 16.3. The number of imide groups is 1. The van der Waals surface area contributed by atoms with Gasteiger partial charge in [0, 0.05) is 36.0 Å². The van der Waals surface area contributed by atoms with E-state index in [1.165, 1.54) is 11.1 Å². The SMILES string of the molecule is Cc1cnc(C(O)Nc2cccc3c2CN(C2CCC(=O)NC2=O)C3=O)cn1. The second-order valence-corrected chi connectivity index (χ2v) is 6.86. The number of carbonyl (C=O) groups excluding carboxylic acids is 3. The lowest BCUT2D eigenvalue weighted by molar-refractivity contribution is -0.136. The standard InChI is InChI=1S/C19H19N5O4/c1-10-7-21-14(8-20-10)17(26)22-13-4-2-3-11-12(13)9-24(19(11)28)15-5-6-16(25)23-18(15)27/h2-4,7-8,15,17,22,26H,5-6,9H2,1H3,(H,23,25,27). The van der Waals surface area contributed by atoms with E-state index in [-0.39, 0.29) is 24.8 Å². The number of benzene rings is 1. The maximum atomic E-state index is 12.8. The van der Waals surface area contributed by atoms with Crippen LogP contribution < -0.4 is 10.6 Å². The van der Waals surface area contributed by atoms with Crippen LogP contribution in [-0.2, 0) is 16.1 Å². The van der Waals surface area contributed by atoms with Crippen molar-refractivity contribution in [3.05, 3.63) is 53.1 Å². The molecule has 1 aromatic carbocycles. The Bertz CT molecular complexity index is 959. The number of amides is 3. The highest BCUT2D eigenvalue weighted by Crippen LogP contribution is 2.33. The van der Waals surface area contributed by atoms with Crippen LogP contribution in [0.3, 0.4) is 0 Å². The zero-order valence-corrected chi connectivity index (χ0v) is 15.2. The van der Waals surface area contributed by atoms with Crippen molar-refractivity contribution in [2.24, 2.45) is 0 Å². The van der Waals surface area contributed by atoms with Crippen molar-refractivity contribution in [3.63, 3.8) is 0 Å². The fourth-order valence-electron chi connectivity index (χ4n) is 3.49. The number of anilines is 1. The van der Waals surface area contributed by atoms with Crippen LogP contribution in [0.1, 0.15) is 46.4 Å². The lowest BCUT2D eigenvalue weighted by atomic mass is 10.0. The van der Waals surface area contributed by atoms with E-state index in [2.05, 4.69) is 20.6 Å². The molecule has 28 heavy (non-hydrogen) atoms. The average Bonchev–Trinajstić information content (AvgIpc) is 3.00. The number of aromatic nitrogens is 2. The topological polar surface area (TPSA) is 125 Å². The molecule has 1 fully saturated rings.